The number of para-hydroxylation sites is 1. The number of carbonyl (C=O) groups excluding carboxylic acids is 2. The second-order valence-corrected chi connectivity index (χ2v) is 8.79. The summed E-state index contributed by atoms with van der Waals surface area (Å²) in [6.07, 6.45) is -0.514. The van der Waals surface area contributed by atoms with Crippen LogP contribution in [0.3, 0.4) is 0 Å². The fourth-order valence-corrected chi connectivity index (χ4v) is 2.58. The number of hydrogen-bond donors (Lipinski definition) is 1. The van der Waals surface area contributed by atoms with Gasteiger partial charge in [0.05, 0.1) is 5.69 Å². The Balaban J connectivity index is 2.34. The molecule has 0 saturated carbocycles. The Morgan fingerprint density at radius 1 is 0.929 bits per heavy atom. The summed E-state index contributed by atoms with van der Waals surface area (Å²) in [6.45, 7) is 11.4. The molecule has 28 heavy (non-hydrogen) atoms. The van der Waals surface area contributed by atoms with Crippen molar-refractivity contribution >= 4 is 17.7 Å². The van der Waals surface area contributed by atoms with Crippen molar-refractivity contribution in [1.29, 1.82) is 0 Å². The first kappa shape index (κ1) is 21.5. The van der Waals surface area contributed by atoms with E-state index >= 15 is 0 Å². The third-order valence-corrected chi connectivity index (χ3v) is 4.29. The van der Waals surface area contributed by atoms with Crippen LogP contribution in [0.25, 0.3) is 11.1 Å². The van der Waals surface area contributed by atoms with Crippen LogP contribution in [0.2, 0.25) is 0 Å². The molecule has 0 aromatic heterocycles. The normalized spacial score (nSPS) is 11.7. The number of ether oxygens (including phenoxy) is 1. The lowest BCUT2D eigenvalue weighted by Crippen LogP contribution is -2.42. The molecule has 0 unspecified atom stereocenters. The molecule has 5 nitrogen and oxygen atoms in total. The van der Waals surface area contributed by atoms with Gasteiger partial charge in [-0.15, -0.1) is 0 Å². The lowest BCUT2D eigenvalue weighted by Gasteiger charge is -2.32. The van der Waals surface area contributed by atoms with E-state index in [2.05, 4.69) is 5.32 Å². The highest BCUT2D eigenvalue weighted by molar-refractivity contribution is 5.97. The third kappa shape index (κ3) is 5.59. The monoisotopic (exact) mass is 382 g/mol. The van der Waals surface area contributed by atoms with Gasteiger partial charge < -0.3 is 9.64 Å². The number of rotatable bonds is 3. The van der Waals surface area contributed by atoms with Crippen molar-refractivity contribution in [3.8, 4) is 11.1 Å². The summed E-state index contributed by atoms with van der Waals surface area (Å²) >= 11 is 0. The van der Waals surface area contributed by atoms with Gasteiger partial charge in [0.1, 0.15) is 5.60 Å². The summed E-state index contributed by atoms with van der Waals surface area (Å²) in [5.41, 5.74) is 2.04. The van der Waals surface area contributed by atoms with Gasteiger partial charge in [-0.3, -0.25) is 10.1 Å². The highest BCUT2D eigenvalue weighted by atomic mass is 16.6. The Labute approximate surface area is 167 Å². The number of amides is 2. The van der Waals surface area contributed by atoms with Gasteiger partial charge in [-0.25, -0.2) is 4.79 Å². The molecule has 0 radical (unpaired) electrons. The Hall–Kier alpha value is -2.82. The molecule has 2 amide bonds. The van der Waals surface area contributed by atoms with Gasteiger partial charge in [0.25, 0.3) is 5.91 Å². The Kier molecular flexibility index (Phi) is 6.17. The van der Waals surface area contributed by atoms with Gasteiger partial charge in [0, 0.05) is 23.7 Å². The Bertz CT molecular complexity index is 861. The predicted octanol–water partition coefficient (Wildman–Crippen LogP) is 5.57. The molecule has 5 heteroatoms. The second kappa shape index (κ2) is 8.05. The van der Waals surface area contributed by atoms with Crippen molar-refractivity contribution in [2.24, 2.45) is 0 Å². The number of anilines is 1. The van der Waals surface area contributed by atoms with Crippen molar-refractivity contribution < 1.29 is 14.3 Å². The molecule has 150 valence electrons. The van der Waals surface area contributed by atoms with E-state index in [0.29, 0.717) is 11.3 Å². The number of hydrogen-bond acceptors (Lipinski definition) is 3. The minimum absolute atomic E-state index is 0.0491. The number of carbonyl (C=O) groups is 2. The van der Waals surface area contributed by atoms with Gasteiger partial charge >= 0.3 is 6.09 Å². The van der Waals surface area contributed by atoms with Crippen LogP contribution < -0.4 is 5.32 Å². The molecule has 0 aliphatic rings. The summed E-state index contributed by atoms with van der Waals surface area (Å²) in [5.74, 6) is -0.0491. The van der Waals surface area contributed by atoms with E-state index in [1.807, 2.05) is 84.0 Å². The topological polar surface area (TPSA) is 58.6 Å². The van der Waals surface area contributed by atoms with Gasteiger partial charge in [0.15, 0.2) is 0 Å². The zero-order valence-corrected chi connectivity index (χ0v) is 17.8. The Morgan fingerprint density at radius 3 is 2.18 bits per heavy atom. The summed E-state index contributed by atoms with van der Waals surface area (Å²) in [4.78, 5) is 26.7. The van der Waals surface area contributed by atoms with Crippen LogP contribution in [0.15, 0.2) is 48.5 Å². The second-order valence-electron chi connectivity index (χ2n) is 8.79. The Morgan fingerprint density at radius 2 is 1.57 bits per heavy atom. The maximum Gasteiger partial charge on any atom is 0.412 e. The molecule has 0 saturated heterocycles. The first-order valence-electron chi connectivity index (χ1n) is 9.36. The SMILES string of the molecule is CN(C(=O)c1cccc(-c2ccccc2NC(=O)OC(C)(C)C)c1)C(C)(C)C. The maximum absolute atomic E-state index is 12.8. The largest absolute Gasteiger partial charge is 0.444 e. The van der Waals surface area contributed by atoms with E-state index in [-0.39, 0.29) is 11.4 Å². The van der Waals surface area contributed by atoms with Crippen molar-refractivity contribution in [2.45, 2.75) is 52.7 Å². The van der Waals surface area contributed by atoms with E-state index in [4.69, 9.17) is 4.74 Å². The van der Waals surface area contributed by atoms with E-state index in [1.54, 1.807) is 18.0 Å². The van der Waals surface area contributed by atoms with Gasteiger partial charge in [0.2, 0.25) is 0 Å². The molecule has 0 bridgehead atoms. The molecule has 0 atom stereocenters. The smallest absolute Gasteiger partial charge is 0.412 e. The quantitative estimate of drug-likeness (QED) is 0.755. The van der Waals surface area contributed by atoms with Crippen LogP contribution in [0.1, 0.15) is 51.9 Å². The first-order valence-corrected chi connectivity index (χ1v) is 9.36. The molecule has 0 spiro atoms. The lowest BCUT2D eigenvalue weighted by atomic mass is 9.99. The molecule has 0 aliphatic carbocycles. The minimum atomic E-state index is -0.580. The van der Waals surface area contributed by atoms with Crippen molar-refractivity contribution in [3.05, 3.63) is 54.1 Å². The molecule has 2 rings (SSSR count). The number of nitrogens with zero attached hydrogens (tertiary/aromatic N) is 1. The fraction of sp³-hybridized carbons (Fsp3) is 0.391. The maximum atomic E-state index is 12.8. The van der Waals surface area contributed by atoms with Gasteiger partial charge in [-0.05, 0) is 65.3 Å². The van der Waals surface area contributed by atoms with Gasteiger partial charge in [-0.1, -0.05) is 30.3 Å². The molecular weight excluding hydrogens is 352 g/mol. The zero-order valence-electron chi connectivity index (χ0n) is 17.8. The molecule has 0 heterocycles. The van der Waals surface area contributed by atoms with Gasteiger partial charge in [-0.2, -0.15) is 0 Å². The van der Waals surface area contributed by atoms with Crippen LogP contribution in [0.4, 0.5) is 10.5 Å². The van der Waals surface area contributed by atoms with Crippen molar-refractivity contribution in [2.75, 3.05) is 12.4 Å². The predicted molar refractivity (Wildman–Crippen MR) is 114 cm³/mol. The molecule has 0 aliphatic heterocycles. The summed E-state index contributed by atoms with van der Waals surface area (Å²) in [6, 6.07) is 14.9. The van der Waals surface area contributed by atoms with E-state index in [9.17, 15) is 9.59 Å². The highest BCUT2D eigenvalue weighted by Gasteiger charge is 2.24. The van der Waals surface area contributed by atoms with Crippen molar-refractivity contribution in [3.63, 3.8) is 0 Å². The van der Waals surface area contributed by atoms with Crippen LogP contribution >= 0.6 is 0 Å². The fourth-order valence-electron chi connectivity index (χ4n) is 2.58. The minimum Gasteiger partial charge on any atom is -0.444 e. The summed E-state index contributed by atoms with van der Waals surface area (Å²) in [7, 11) is 1.80. The van der Waals surface area contributed by atoms with E-state index < -0.39 is 11.7 Å². The van der Waals surface area contributed by atoms with E-state index in [0.717, 1.165) is 11.1 Å². The summed E-state index contributed by atoms with van der Waals surface area (Å²) < 4.78 is 5.35. The zero-order chi connectivity index (χ0) is 21.1. The average Bonchev–Trinajstić information content (AvgIpc) is 2.58. The molecule has 1 N–H and O–H groups in total. The number of nitrogens with one attached hydrogen (secondary N) is 1. The van der Waals surface area contributed by atoms with E-state index in [1.165, 1.54) is 0 Å². The van der Waals surface area contributed by atoms with Crippen LogP contribution in [-0.2, 0) is 4.74 Å². The molecule has 2 aromatic rings. The van der Waals surface area contributed by atoms with Crippen molar-refractivity contribution in [1.82, 2.24) is 4.90 Å². The lowest BCUT2D eigenvalue weighted by molar-refractivity contribution is 0.0631. The average molecular weight is 383 g/mol. The molecule has 0 fully saturated rings. The highest BCUT2D eigenvalue weighted by Crippen LogP contribution is 2.29. The molecule has 2 aromatic carbocycles. The molecular formula is C23H30N2O3. The number of benzene rings is 2. The van der Waals surface area contributed by atoms with Crippen LogP contribution in [0.5, 0.6) is 0 Å². The van der Waals surface area contributed by atoms with Crippen LogP contribution in [-0.4, -0.2) is 35.1 Å². The standard InChI is InChI=1S/C23H30N2O3/c1-22(2,3)25(7)20(26)17-12-10-11-16(15-17)18-13-8-9-14-19(18)24-21(27)28-23(4,5)6/h8-15H,1-7H3,(H,24,27). The van der Waals surface area contributed by atoms with Crippen LogP contribution in [0, 0.1) is 0 Å². The summed E-state index contributed by atoms with van der Waals surface area (Å²) in [5, 5.41) is 2.80. The third-order valence-electron chi connectivity index (χ3n) is 4.29. The first-order chi connectivity index (χ1) is 12.9.